The molecule has 0 radical (unpaired) electrons. The molecule has 10 heteroatoms. The maximum Gasteiger partial charge on any atom is 0.323 e. The van der Waals surface area contributed by atoms with E-state index < -0.39 is 6.03 Å². The Balaban J connectivity index is 1.61. The average molecular weight is 484 g/mol. The van der Waals surface area contributed by atoms with Crippen molar-refractivity contribution in [3.05, 3.63) is 71.0 Å². The highest BCUT2D eigenvalue weighted by molar-refractivity contribution is 6.35. The second-order valence-electron chi connectivity index (χ2n) is 6.89. The summed E-state index contributed by atoms with van der Waals surface area (Å²) in [6.45, 7) is 0. The third-order valence-electron chi connectivity index (χ3n) is 4.65. The molecule has 0 saturated heterocycles. The van der Waals surface area contributed by atoms with E-state index in [1.54, 1.807) is 50.6 Å². The van der Waals surface area contributed by atoms with Crippen molar-refractivity contribution in [3.63, 3.8) is 0 Å². The zero-order chi connectivity index (χ0) is 23.4. The lowest BCUT2D eigenvalue weighted by atomic mass is 10.2. The zero-order valence-corrected chi connectivity index (χ0v) is 19.2. The molecule has 0 unspecified atom stereocenters. The summed E-state index contributed by atoms with van der Waals surface area (Å²) in [5.74, 6) is 1.83. The number of nitrogens with one attached hydrogen (secondary N) is 3. The minimum Gasteiger partial charge on any atom is -0.497 e. The van der Waals surface area contributed by atoms with Crippen LogP contribution in [0.3, 0.4) is 0 Å². The lowest BCUT2D eigenvalue weighted by Crippen LogP contribution is -2.19. The van der Waals surface area contributed by atoms with Gasteiger partial charge in [0.1, 0.15) is 23.6 Å². The molecule has 0 bridgehead atoms. The van der Waals surface area contributed by atoms with E-state index in [1.165, 1.54) is 6.33 Å². The molecular formula is C23H19Cl2N5O3. The van der Waals surface area contributed by atoms with Crippen LogP contribution in [0.15, 0.2) is 60.9 Å². The molecule has 3 N–H and O–H groups in total. The molecule has 0 aliphatic heterocycles. The normalized spacial score (nSPS) is 10.5. The molecule has 8 nitrogen and oxygen atoms in total. The number of nitrogens with zero attached hydrogens (tertiary/aromatic N) is 2. The number of hydrogen-bond donors (Lipinski definition) is 3. The summed E-state index contributed by atoms with van der Waals surface area (Å²) < 4.78 is 10.7. The van der Waals surface area contributed by atoms with Crippen molar-refractivity contribution in [2.24, 2.45) is 0 Å². The first-order chi connectivity index (χ1) is 15.9. The summed E-state index contributed by atoms with van der Waals surface area (Å²) in [6, 6.07) is 15.1. The highest BCUT2D eigenvalue weighted by Gasteiger charge is 2.12. The van der Waals surface area contributed by atoms with Gasteiger partial charge in [-0.2, -0.15) is 0 Å². The lowest BCUT2D eigenvalue weighted by Gasteiger charge is -2.13. The number of benzene rings is 3. The Morgan fingerprint density at radius 1 is 0.848 bits per heavy atom. The number of halogens is 2. The van der Waals surface area contributed by atoms with Crippen LogP contribution in [0.1, 0.15) is 0 Å². The van der Waals surface area contributed by atoms with Gasteiger partial charge < -0.3 is 25.4 Å². The number of hydrogen-bond acceptors (Lipinski definition) is 6. The Kier molecular flexibility index (Phi) is 6.67. The van der Waals surface area contributed by atoms with Crippen LogP contribution in [0.2, 0.25) is 10.0 Å². The van der Waals surface area contributed by atoms with E-state index in [4.69, 9.17) is 32.7 Å². The Morgan fingerprint density at radius 3 is 2.21 bits per heavy atom. The Hall–Kier alpha value is -3.75. The lowest BCUT2D eigenvalue weighted by molar-refractivity contribution is 0.262. The van der Waals surface area contributed by atoms with Gasteiger partial charge in [0, 0.05) is 45.0 Å². The Bertz CT molecular complexity index is 1290. The number of amides is 2. The van der Waals surface area contributed by atoms with Gasteiger partial charge in [-0.1, -0.05) is 29.3 Å². The molecule has 168 valence electrons. The SMILES string of the molecule is COc1cc(Nc2ncnc3c(NC(=O)Nc4cc(Cl)cc(Cl)c4)cccc23)cc(OC)c1. The summed E-state index contributed by atoms with van der Waals surface area (Å²) in [7, 11) is 3.16. The largest absolute Gasteiger partial charge is 0.497 e. The molecule has 0 atom stereocenters. The van der Waals surface area contributed by atoms with Gasteiger partial charge in [0.15, 0.2) is 0 Å². The van der Waals surface area contributed by atoms with Gasteiger partial charge >= 0.3 is 6.03 Å². The van der Waals surface area contributed by atoms with Crippen LogP contribution in [-0.2, 0) is 0 Å². The molecular weight excluding hydrogens is 465 g/mol. The van der Waals surface area contributed by atoms with Crippen LogP contribution < -0.4 is 25.4 Å². The standard InChI is InChI=1S/C23H19Cl2N5O3/c1-32-17-9-16(10-18(11-17)33-2)28-22-19-4-3-5-20(21(19)26-12-27-22)30-23(31)29-15-7-13(24)6-14(25)8-15/h3-12H,1-2H3,(H,26,27,28)(H2,29,30,31). The highest BCUT2D eigenvalue weighted by Crippen LogP contribution is 2.31. The number of rotatable bonds is 6. The van der Waals surface area contributed by atoms with Gasteiger partial charge in [-0.3, -0.25) is 0 Å². The van der Waals surface area contributed by atoms with E-state index in [9.17, 15) is 4.79 Å². The van der Waals surface area contributed by atoms with E-state index in [-0.39, 0.29) is 0 Å². The van der Waals surface area contributed by atoms with Crippen molar-refractivity contribution in [1.82, 2.24) is 9.97 Å². The highest BCUT2D eigenvalue weighted by atomic mass is 35.5. The first-order valence-corrected chi connectivity index (χ1v) is 10.5. The van der Waals surface area contributed by atoms with Gasteiger partial charge in [-0.05, 0) is 30.3 Å². The fourth-order valence-electron chi connectivity index (χ4n) is 3.22. The van der Waals surface area contributed by atoms with Crippen molar-refractivity contribution >= 4 is 63.0 Å². The van der Waals surface area contributed by atoms with Crippen LogP contribution in [-0.4, -0.2) is 30.2 Å². The summed E-state index contributed by atoms with van der Waals surface area (Å²) in [4.78, 5) is 21.3. The van der Waals surface area contributed by atoms with Crippen LogP contribution in [0.4, 0.5) is 27.7 Å². The Morgan fingerprint density at radius 2 is 1.55 bits per heavy atom. The minimum atomic E-state index is -0.466. The number of fused-ring (bicyclic) bond motifs is 1. The number of carbonyl (C=O) groups excluding carboxylic acids is 1. The second kappa shape index (κ2) is 9.81. The molecule has 1 aromatic heterocycles. The fourth-order valence-corrected chi connectivity index (χ4v) is 3.74. The number of para-hydroxylation sites is 1. The summed E-state index contributed by atoms with van der Waals surface area (Å²) in [5.41, 5.74) is 2.25. The van der Waals surface area contributed by atoms with Gasteiger partial charge in [0.25, 0.3) is 0 Å². The first kappa shape index (κ1) is 22.4. The van der Waals surface area contributed by atoms with Gasteiger partial charge in [-0.25, -0.2) is 14.8 Å². The van der Waals surface area contributed by atoms with E-state index >= 15 is 0 Å². The average Bonchev–Trinajstić information content (AvgIpc) is 2.78. The summed E-state index contributed by atoms with van der Waals surface area (Å²) in [6.07, 6.45) is 1.42. The molecule has 3 aromatic carbocycles. The third-order valence-corrected chi connectivity index (χ3v) is 5.08. The molecule has 4 aromatic rings. The van der Waals surface area contributed by atoms with E-state index in [0.29, 0.717) is 49.6 Å². The maximum atomic E-state index is 12.6. The molecule has 1 heterocycles. The quantitative estimate of drug-likeness (QED) is 0.296. The second-order valence-corrected chi connectivity index (χ2v) is 7.76. The van der Waals surface area contributed by atoms with Crippen LogP contribution >= 0.6 is 23.2 Å². The molecule has 33 heavy (non-hydrogen) atoms. The smallest absolute Gasteiger partial charge is 0.323 e. The van der Waals surface area contributed by atoms with E-state index in [1.807, 2.05) is 18.2 Å². The number of aromatic nitrogens is 2. The van der Waals surface area contributed by atoms with Crippen molar-refractivity contribution in [2.75, 3.05) is 30.2 Å². The van der Waals surface area contributed by atoms with Crippen molar-refractivity contribution < 1.29 is 14.3 Å². The fraction of sp³-hybridized carbons (Fsp3) is 0.0870. The summed E-state index contributed by atoms with van der Waals surface area (Å²) in [5, 5.41) is 10.3. The number of anilines is 4. The topological polar surface area (TPSA) is 97.4 Å². The predicted molar refractivity (Wildman–Crippen MR) is 131 cm³/mol. The summed E-state index contributed by atoms with van der Waals surface area (Å²) >= 11 is 12.0. The van der Waals surface area contributed by atoms with Gasteiger partial charge in [0.2, 0.25) is 0 Å². The number of methoxy groups -OCH3 is 2. The van der Waals surface area contributed by atoms with E-state index in [0.717, 1.165) is 5.69 Å². The molecule has 2 amide bonds. The van der Waals surface area contributed by atoms with Gasteiger partial charge in [0.05, 0.1) is 25.4 Å². The minimum absolute atomic E-state index is 0.417. The maximum absolute atomic E-state index is 12.6. The Labute approximate surface area is 199 Å². The number of urea groups is 1. The van der Waals surface area contributed by atoms with Crippen LogP contribution in [0.5, 0.6) is 11.5 Å². The third kappa shape index (κ3) is 5.36. The number of ether oxygens (including phenoxy) is 2. The van der Waals surface area contributed by atoms with Crippen LogP contribution in [0.25, 0.3) is 10.9 Å². The zero-order valence-electron chi connectivity index (χ0n) is 17.6. The number of carbonyl (C=O) groups is 1. The molecule has 0 spiro atoms. The molecule has 0 saturated carbocycles. The monoisotopic (exact) mass is 483 g/mol. The van der Waals surface area contributed by atoms with Crippen molar-refractivity contribution in [3.8, 4) is 11.5 Å². The van der Waals surface area contributed by atoms with E-state index in [2.05, 4.69) is 25.9 Å². The van der Waals surface area contributed by atoms with Crippen molar-refractivity contribution in [2.45, 2.75) is 0 Å². The van der Waals surface area contributed by atoms with Crippen LogP contribution in [0, 0.1) is 0 Å². The molecule has 0 aliphatic rings. The molecule has 0 aliphatic carbocycles. The van der Waals surface area contributed by atoms with Crippen molar-refractivity contribution in [1.29, 1.82) is 0 Å². The van der Waals surface area contributed by atoms with Gasteiger partial charge in [-0.15, -0.1) is 0 Å². The first-order valence-electron chi connectivity index (χ1n) is 9.73. The molecule has 4 rings (SSSR count). The molecule has 0 fully saturated rings. The predicted octanol–water partition coefficient (Wildman–Crippen LogP) is 6.34.